The van der Waals surface area contributed by atoms with Crippen molar-refractivity contribution in [1.82, 2.24) is 19.9 Å². The van der Waals surface area contributed by atoms with Gasteiger partial charge in [-0.3, -0.25) is 0 Å². The Morgan fingerprint density at radius 2 is 1.35 bits per heavy atom. The Labute approximate surface area is 469 Å². The van der Waals surface area contributed by atoms with Crippen LogP contribution < -0.4 is 34.8 Å². The molecule has 3 atom stereocenters. The number of alkyl halides is 3. The summed E-state index contributed by atoms with van der Waals surface area (Å²) in [7, 11) is -0.258. The molecule has 1 saturated heterocycles. The molecular weight excluding hydrogens is 1070 g/mol. The number of methoxy groups -OCH3 is 2. The van der Waals surface area contributed by atoms with Gasteiger partial charge < -0.3 is 38.5 Å². The Bertz CT molecular complexity index is 3240. The van der Waals surface area contributed by atoms with Crippen molar-refractivity contribution >= 4 is 59.0 Å². The van der Waals surface area contributed by atoms with Crippen molar-refractivity contribution < 1.29 is 50.1 Å². The van der Waals surface area contributed by atoms with Gasteiger partial charge in [0.15, 0.2) is 11.0 Å². The minimum Gasteiger partial charge on any atom is -0.497 e. The Balaban J connectivity index is 1.27. The molecule has 2 aromatic heterocycles. The third-order valence-electron chi connectivity index (χ3n) is 14.8. The average Bonchev–Trinajstić information content (AvgIpc) is 3.82. The number of fused-ring (bicyclic) bond motifs is 2. The van der Waals surface area contributed by atoms with Crippen LogP contribution >= 0.6 is 11.8 Å². The lowest BCUT2D eigenvalue weighted by Gasteiger charge is -2.44. The van der Waals surface area contributed by atoms with E-state index in [1.807, 2.05) is 36.4 Å². The molecule has 1 N–H and O–H groups in total. The minimum atomic E-state index is -5.21. The highest BCUT2D eigenvalue weighted by Crippen LogP contribution is 2.47. The molecule has 2 aliphatic rings. The first kappa shape index (κ1) is 57.7. The van der Waals surface area contributed by atoms with Gasteiger partial charge in [-0.2, -0.15) is 13.2 Å². The van der Waals surface area contributed by atoms with E-state index in [1.165, 1.54) is 14.2 Å². The highest BCUT2D eigenvalue weighted by Gasteiger charge is 2.51. The Morgan fingerprint density at radius 3 is 1.86 bits per heavy atom. The Morgan fingerprint density at radius 1 is 0.787 bits per heavy atom. The van der Waals surface area contributed by atoms with E-state index in [9.17, 15) is 4.79 Å². The third-order valence-corrected chi connectivity index (χ3v) is 20.3. The second-order valence-corrected chi connectivity index (χ2v) is 27.4. The summed E-state index contributed by atoms with van der Waals surface area (Å²) in [6.45, 7) is 12.9. The summed E-state index contributed by atoms with van der Waals surface area (Å²) in [5.74, 6) is -1.41. The number of hydrogen-bond acceptors (Lipinski definition) is 12. The predicted molar refractivity (Wildman–Crippen MR) is 306 cm³/mol. The van der Waals surface area contributed by atoms with Crippen molar-refractivity contribution in [1.29, 1.82) is 0 Å². The van der Waals surface area contributed by atoms with Crippen LogP contribution in [0.4, 0.5) is 38.3 Å². The molecule has 2 bridgehead atoms. The van der Waals surface area contributed by atoms with Gasteiger partial charge in [0.25, 0.3) is 8.32 Å². The Hall–Kier alpha value is -6.96. The van der Waals surface area contributed by atoms with E-state index >= 15 is 22.0 Å². The summed E-state index contributed by atoms with van der Waals surface area (Å²) >= 11 is 1.10. The number of thioether (sulfide) groups is 1. The zero-order chi connectivity index (χ0) is 57.3. The maximum absolute atomic E-state index is 18.2. The number of anilines is 2. The number of halogens is 5. The second-order valence-electron chi connectivity index (χ2n) is 22.3. The number of amides is 1. The predicted octanol–water partition coefficient (Wildman–Crippen LogP) is 13.2. The van der Waals surface area contributed by atoms with Crippen LogP contribution in [0.25, 0.3) is 22.2 Å². The van der Waals surface area contributed by atoms with Crippen LogP contribution in [0.3, 0.4) is 0 Å². The lowest BCUT2D eigenvalue weighted by molar-refractivity contribution is -0.137. The number of hydrogen-bond donors (Lipinski definition) is 1. The normalized spacial score (nSPS) is 16.8. The maximum Gasteiger partial charge on any atom is 0.417 e. The summed E-state index contributed by atoms with van der Waals surface area (Å²) in [6.07, 6.45) is -3.76. The fourth-order valence-corrected chi connectivity index (χ4v) is 16.1. The number of nitrogens with zero attached hydrogens (tertiary/aromatic N) is 5. The number of nitrogens with one attached hydrogen (secondary N) is 1. The number of aromatic nitrogens is 3. The zero-order valence-corrected chi connectivity index (χ0v) is 48.5. The number of benzene rings is 5. The third kappa shape index (κ3) is 11.9. The van der Waals surface area contributed by atoms with Gasteiger partial charge >= 0.3 is 12.3 Å². The molecule has 0 radical (unpaired) electrons. The molecule has 9 rings (SSSR count). The zero-order valence-electron chi connectivity index (χ0n) is 46.6. The summed E-state index contributed by atoms with van der Waals surface area (Å²) in [4.78, 5) is 31.9. The summed E-state index contributed by atoms with van der Waals surface area (Å²) < 4.78 is 115. The second kappa shape index (κ2) is 23.3. The number of carbonyl (C=O) groups is 1. The molecule has 2 aliphatic heterocycles. The van der Waals surface area contributed by atoms with Crippen LogP contribution in [-0.4, -0.2) is 91.7 Å². The number of ether oxygens (including phenoxy) is 4. The summed E-state index contributed by atoms with van der Waals surface area (Å²) in [5, 5.41) is 4.90. The number of pyridine rings is 1. The monoisotopic (exact) mass is 1130 g/mol. The summed E-state index contributed by atoms with van der Waals surface area (Å²) in [6, 6.07) is 34.2. The van der Waals surface area contributed by atoms with Gasteiger partial charge in [0.2, 0.25) is 5.88 Å². The number of rotatable bonds is 14. The van der Waals surface area contributed by atoms with E-state index in [2.05, 4.69) is 55.3 Å². The van der Waals surface area contributed by atoms with Crippen molar-refractivity contribution in [3.8, 4) is 28.6 Å². The first-order valence-corrected chi connectivity index (χ1v) is 29.7. The molecule has 19 heteroatoms. The average molecular weight is 1140 g/mol. The molecule has 12 nitrogen and oxygen atoms in total. The lowest BCUT2D eigenvalue weighted by Crippen LogP contribution is -2.67. The first-order valence-electron chi connectivity index (χ1n) is 26.6. The lowest BCUT2D eigenvalue weighted by atomic mass is 9.95. The highest BCUT2D eigenvalue weighted by atomic mass is 32.2. The molecule has 422 valence electrons. The largest absolute Gasteiger partial charge is 0.497 e. The van der Waals surface area contributed by atoms with Crippen molar-refractivity contribution in [3.63, 3.8) is 0 Å². The Kier molecular flexibility index (Phi) is 16.8. The van der Waals surface area contributed by atoms with E-state index in [0.717, 1.165) is 35.1 Å². The molecular formula is C61H67F5N6O6SSi. The van der Waals surface area contributed by atoms with Gasteiger partial charge in [0.1, 0.15) is 51.4 Å². The molecule has 0 spiro atoms. The van der Waals surface area contributed by atoms with Gasteiger partial charge in [-0.05, 0) is 109 Å². The molecule has 4 heterocycles. The minimum absolute atomic E-state index is 0.0218. The molecule has 80 heavy (non-hydrogen) atoms. The van der Waals surface area contributed by atoms with Crippen LogP contribution in [-0.2, 0) is 28.4 Å². The molecule has 5 aromatic carbocycles. The van der Waals surface area contributed by atoms with E-state index in [4.69, 9.17) is 33.3 Å². The van der Waals surface area contributed by atoms with Crippen molar-refractivity contribution in [2.24, 2.45) is 0 Å². The van der Waals surface area contributed by atoms with E-state index < -0.39 is 83.4 Å². The van der Waals surface area contributed by atoms with Crippen LogP contribution in [0, 0.1) is 18.6 Å². The standard InChI is InChI=1S/C61H67F5N6O6SSi/c1-37-50(61(64,65)66)47(32-48(51(37)62)71(34-38-21-27-42(74-8)28-22-38)35-39-23-29-43(75-9)30-24-39)53-52(63)54-49-55(70-57(69-54)79-10)67-33-41-26-25-40(72(41)58(73)78-59(2,3)4)31-44(77-56(49)68-53)36-76-80(60(5,6)7,45-17-13-11-14-18-45)46-19-15-12-16-20-46/h11-24,27-30,32,40-41,44H,25-26,31,33-36H2,1-10H3,(H,67,69,70)/t40-,41+,44?/m0/s1. The fraction of sp³-hybridized carbons (Fsp3) is 0.377. The maximum atomic E-state index is 18.2. The van der Waals surface area contributed by atoms with E-state index in [-0.39, 0.29) is 66.1 Å². The smallest absolute Gasteiger partial charge is 0.417 e. The van der Waals surface area contributed by atoms with Gasteiger partial charge in [0.05, 0.1) is 38.1 Å². The molecule has 7 aromatic rings. The van der Waals surface area contributed by atoms with Gasteiger partial charge in [-0.25, -0.2) is 28.5 Å². The van der Waals surface area contributed by atoms with Gasteiger partial charge in [-0.1, -0.05) is 117 Å². The molecule has 1 amide bonds. The van der Waals surface area contributed by atoms with Crippen molar-refractivity contribution in [2.75, 3.05) is 43.8 Å². The van der Waals surface area contributed by atoms with Crippen molar-refractivity contribution in [2.45, 2.75) is 121 Å². The van der Waals surface area contributed by atoms with Crippen LogP contribution in [0.2, 0.25) is 5.04 Å². The van der Waals surface area contributed by atoms with Gasteiger partial charge in [0, 0.05) is 37.7 Å². The van der Waals surface area contributed by atoms with Crippen LogP contribution in [0.1, 0.15) is 83.1 Å². The highest BCUT2D eigenvalue weighted by molar-refractivity contribution is 7.98. The molecule has 1 unspecified atom stereocenters. The first-order chi connectivity index (χ1) is 38.0. The fourth-order valence-electron chi connectivity index (χ4n) is 11.1. The summed E-state index contributed by atoms with van der Waals surface area (Å²) in [5.41, 5.74) is -3.77. The van der Waals surface area contributed by atoms with Gasteiger partial charge in [-0.15, -0.1) is 0 Å². The van der Waals surface area contributed by atoms with Crippen molar-refractivity contribution in [3.05, 3.63) is 149 Å². The molecule has 0 aliphatic carbocycles. The SMILES string of the molecule is COc1ccc(CN(Cc2ccc(OC)cc2)c2cc(-c3nc4c5c(nc(SC)nc5c3F)NC[C@H]3CC[C@@H](CC(CO[Si](c5ccccc5)(c5ccccc5)C(C)(C)C)O4)N3C(=O)OC(C)(C)C)c(C(F)(F)F)c(C)c2F)cc1. The van der Waals surface area contributed by atoms with Crippen LogP contribution in [0.15, 0.2) is 120 Å². The van der Waals surface area contributed by atoms with E-state index in [0.29, 0.717) is 35.5 Å². The topological polar surface area (TPSA) is 120 Å². The quantitative estimate of drug-likeness (QED) is 0.0483. The molecule has 1 fully saturated rings. The molecule has 0 saturated carbocycles. The van der Waals surface area contributed by atoms with Crippen LogP contribution in [0.5, 0.6) is 17.4 Å². The van der Waals surface area contributed by atoms with E-state index in [1.54, 1.807) is 85.4 Å². The number of carbonyl (C=O) groups excluding carboxylic acids is 1.